The number of fused-ring (bicyclic) bond motifs is 5. The molecule has 748 valence electrons. The Morgan fingerprint density at radius 3 is 1.41 bits per heavy atom. The number of amides is 3. The number of sulfonamides is 2. The Labute approximate surface area is 808 Å². The number of carbonyl (C=O) groups is 4. The van der Waals surface area contributed by atoms with Gasteiger partial charge in [0.2, 0.25) is 61.7 Å². The summed E-state index contributed by atoms with van der Waals surface area (Å²) in [5.41, 5.74) is 25.8. The fourth-order valence-electron chi connectivity index (χ4n) is 19.4. The van der Waals surface area contributed by atoms with E-state index in [2.05, 4.69) is 89.4 Å². The van der Waals surface area contributed by atoms with Gasteiger partial charge < -0.3 is 54.1 Å². The van der Waals surface area contributed by atoms with E-state index in [1.54, 1.807) is 25.2 Å². The Balaban J connectivity index is 0.000000140. The Morgan fingerprint density at radius 1 is 0.486 bits per heavy atom. The van der Waals surface area contributed by atoms with Crippen molar-refractivity contribution in [1.29, 1.82) is 0 Å². The van der Waals surface area contributed by atoms with Gasteiger partial charge in [0.15, 0.2) is 5.82 Å². The van der Waals surface area contributed by atoms with Gasteiger partial charge in [-0.15, -0.1) is 0 Å². The van der Waals surface area contributed by atoms with Crippen molar-refractivity contribution < 1.29 is 102 Å². The van der Waals surface area contributed by atoms with Gasteiger partial charge in [0.05, 0.1) is 63.3 Å². The Hall–Kier alpha value is -12.5. The minimum Gasteiger partial charge on any atom is -0.436 e. The van der Waals surface area contributed by atoms with E-state index < -0.39 is 187 Å². The van der Waals surface area contributed by atoms with Crippen LogP contribution in [-0.2, 0) is 85.7 Å². The molecule has 8 heterocycles. The third-order valence-electron chi connectivity index (χ3n) is 26.6. The number of guanidine groups is 5. The number of benzene rings is 5. The van der Waals surface area contributed by atoms with Crippen molar-refractivity contribution >= 4 is 153 Å². The molecule has 10 unspecified atom stereocenters. The lowest BCUT2D eigenvalue weighted by atomic mass is 9.75. The summed E-state index contributed by atoms with van der Waals surface area (Å²) in [5.74, 6) is -0.249. The van der Waals surface area contributed by atoms with Crippen molar-refractivity contribution in [2.24, 2.45) is 53.6 Å². The number of hydrogen-bond acceptors (Lipinski definition) is 26. The second kappa shape index (κ2) is 39.2. The van der Waals surface area contributed by atoms with Crippen LogP contribution < -0.4 is 49.4 Å². The number of aromatic nitrogens is 3. The lowest BCUT2D eigenvalue weighted by molar-refractivity contribution is -0.121. The number of Topliss-reactive ketones (excluding diaryl/α,β-unsaturated/α-hetero) is 1. The first kappa shape index (κ1) is 103. The molecular weight excluding hydrogens is 2010 g/mol. The van der Waals surface area contributed by atoms with E-state index in [9.17, 15) is 88.2 Å². The summed E-state index contributed by atoms with van der Waals surface area (Å²) in [6, 6.07) is 26.2. The van der Waals surface area contributed by atoms with Crippen molar-refractivity contribution in [2.45, 2.75) is 156 Å². The van der Waals surface area contributed by atoms with Crippen LogP contribution in [0.3, 0.4) is 0 Å². The van der Waals surface area contributed by atoms with Gasteiger partial charge in [-0.1, -0.05) is 15.9 Å². The quantitative estimate of drug-likeness (QED) is 0.0370. The number of aliphatic imine (C=N–C) groups is 5. The molecule has 18 rings (SSSR count). The minimum atomic E-state index is -3.79. The Morgan fingerprint density at radius 2 is 0.914 bits per heavy atom. The number of ketones is 1. The average Bonchev–Trinajstić information content (AvgIpc) is 1.61. The SMILES string of the molecule is C=S1(=O)C2CC(=O)CCC2(c2cc(NC(=O)c3ccc(F)cn3)ccc2F)N=C(N)N1C.C=S1(=O)C2CC(F)(F)CC(c3cc(NC(=O)c4ccc(F)cn4)ccc3F)C2N=C(N)N1C.C=S1(=O)C2CCCC2(c2cc(NC(=O)COC)ccc2F)N=C(N)N1C.CN1C(N)=N[C@@]2(c3cc(Br)ccc3F)CCC[C@H]2S1(=O)=O.CN1C(N)=N[C@@]2(c3cc(Oc4ncccc4F)ccc3F)CCC[C@H]2S1(=O)=O. The van der Waals surface area contributed by atoms with Crippen LogP contribution in [0, 0.1) is 46.5 Å². The molecule has 0 saturated heterocycles. The number of pyridine rings is 3. The predicted octanol–water partition coefficient (Wildman–Crippen LogP) is 10.0. The largest absolute Gasteiger partial charge is 0.436 e. The lowest BCUT2D eigenvalue weighted by Crippen LogP contribution is -2.59. The van der Waals surface area contributed by atoms with Gasteiger partial charge in [0, 0.05) is 124 Å². The number of methoxy groups -OCH3 is 1. The van der Waals surface area contributed by atoms with Crippen LogP contribution in [-0.4, -0.2) is 224 Å². The van der Waals surface area contributed by atoms with E-state index in [0.717, 1.165) is 62.1 Å². The first-order chi connectivity index (χ1) is 65.7. The molecule has 14 atom stereocenters. The van der Waals surface area contributed by atoms with Crippen LogP contribution >= 0.6 is 15.9 Å². The van der Waals surface area contributed by atoms with Crippen LogP contribution in [0.25, 0.3) is 0 Å². The van der Waals surface area contributed by atoms with E-state index in [-0.39, 0.29) is 124 Å². The summed E-state index contributed by atoms with van der Waals surface area (Å²) >= 11 is 3.31. The number of anilines is 3. The molecule has 10 aliphatic rings. The lowest BCUT2D eigenvalue weighted by Gasteiger charge is -2.48. The van der Waals surface area contributed by atoms with Crippen molar-refractivity contribution in [2.75, 3.05) is 64.9 Å². The van der Waals surface area contributed by atoms with Crippen LogP contribution in [0.2, 0.25) is 0 Å². The summed E-state index contributed by atoms with van der Waals surface area (Å²) in [6.07, 6.45) is 6.49. The topological polar surface area (TPSA) is 489 Å². The molecule has 13 N–H and O–H groups in total. The van der Waals surface area contributed by atoms with Gasteiger partial charge in [-0.25, -0.2) is 122 Å². The average molecular weight is 2110 g/mol. The van der Waals surface area contributed by atoms with Crippen LogP contribution in [0.1, 0.15) is 145 Å². The van der Waals surface area contributed by atoms with E-state index in [1.807, 2.05) is 0 Å². The van der Waals surface area contributed by atoms with Gasteiger partial charge in [0.25, 0.3) is 17.7 Å². The molecule has 5 aliphatic heterocycles. The van der Waals surface area contributed by atoms with Gasteiger partial charge >= 0.3 is 0 Å². The fraction of sp³-hybridized carbons (Fsp3) is 0.367. The maximum absolute atomic E-state index is 15.1. The molecule has 34 nitrogen and oxygen atoms in total. The molecule has 0 spiro atoms. The third kappa shape index (κ3) is 19.5. The number of nitrogens with zero attached hydrogens (tertiary/aromatic N) is 13. The number of hydrogen-bond donors (Lipinski definition) is 8. The molecule has 0 radical (unpaired) electrons. The molecule has 5 aliphatic carbocycles. The highest BCUT2D eigenvalue weighted by Gasteiger charge is 2.61. The normalized spacial score (nSPS) is 28.5. The van der Waals surface area contributed by atoms with Gasteiger partial charge in [-0.2, -0.15) is 0 Å². The van der Waals surface area contributed by atoms with Crippen LogP contribution in [0.4, 0.5) is 61.0 Å². The third-order valence-corrected chi connectivity index (χ3v) is 39.4. The number of halogens is 11. The molecular formula is C90H98BrF10N21O13S5. The first-order valence-corrected chi connectivity index (χ1v) is 52.2. The molecule has 8 aromatic rings. The number of rotatable bonds is 14. The summed E-state index contributed by atoms with van der Waals surface area (Å²) in [4.78, 5) is 82.2. The predicted molar refractivity (Wildman–Crippen MR) is 516 cm³/mol. The maximum atomic E-state index is 15.1. The fourth-order valence-corrected chi connectivity index (χ4v) is 29.9. The Bertz CT molecular complexity index is 7070. The Kier molecular flexibility index (Phi) is 28.9. The summed E-state index contributed by atoms with van der Waals surface area (Å²) < 4.78 is 251. The van der Waals surface area contributed by atoms with Crippen LogP contribution in [0.15, 0.2) is 175 Å². The van der Waals surface area contributed by atoms with E-state index >= 15 is 4.39 Å². The molecule has 0 bridgehead atoms. The molecule has 140 heavy (non-hydrogen) atoms. The second-order valence-electron chi connectivity index (χ2n) is 34.8. The number of alkyl halides is 2. The summed E-state index contributed by atoms with van der Waals surface area (Å²) in [7, 11) is -7.95. The number of ether oxygens (including phenoxy) is 2. The summed E-state index contributed by atoms with van der Waals surface area (Å²) in [6.45, 7) is -0.108. The van der Waals surface area contributed by atoms with Crippen molar-refractivity contribution in [1.82, 2.24) is 36.5 Å². The molecule has 3 aromatic heterocycles. The molecule has 3 amide bonds. The van der Waals surface area contributed by atoms with Gasteiger partial charge in [-0.05, 0) is 215 Å². The molecule has 50 heteroatoms. The number of nitrogens with one attached hydrogen (secondary N) is 3. The minimum absolute atomic E-state index is 0.0288. The zero-order valence-corrected chi connectivity index (χ0v) is 81.5. The maximum Gasteiger partial charge on any atom is 0.274 e. The molecule has 5 aromatic carbocycles. The van der Waals surface area contributed by atoms with Crippen LogP contribution in [0.5, 0.6) is 11.6 Å². The smallest absolute Gasteiger partial charge is 0.274 e. The van der Waals surface area contributed by atoms with Gasteiger partial charge in [0.1, 0.15) is 103 Å². The number of carbonyl (C=O) groups excluding carboxylic acids is 4. The molecule has 5 fully saturated rings. The van der Waals surface area contributed by atoms with Crippen molar-refractivity contribution in [3.05, 3.63) is 236 Å². The highest BCUT2D eigenvalue weighted by atomic mass is 79.9. The van der Waals surface area contributed by atoms with E-state index in [4.69, 9.17) is 38.1 Å². The molecule has 5 saturated carbocycles. The van der Waals surface area contributed by atoms with Crippen molar-refractivity contribution in [3.63, 3.8) is 0 Å². The zero-order valence-electron chi connectivity index (χ0n) is 75.8. The highest BCUT2D eigenvalue weighted by molar-refractivity contribution is 9.10. The number of nitrogens with two attached hydrogens (primary N) is 5. The zero-order chi connectivity index (χ0) is 102. The summed E-state index contributed by atoms with van der Waals surface area (Å²) in [5, 5.41) is 3.54. The van der Waals surface area contributed by atoms with E-state index in [0.29, 0.717) is 67.1 Å². The highest BCUT2D eigenvalue weighted by Crippen LogP contribution is 2.56. The first-order valence-electron chi connectivity index (χ1n) is 43.2. The van der Waals surface area contributed by atoms with Crippen molar-refractivity contribution in [3.8, 4) is 11.6 Å². The van der Waals surface area contributed by atoms with Gasteiger partial charge in [-0.3, -0.25) is 32.1 Å². The standard InChI is InChI=1S/C21H21F4N5O2S.C21H21F2N5O3S.C18H18F2N4O3S.C17H23FN4O3S.C13H15BrFN3O2S/c1-30-20(26)29-18-14(8-21(24,25)9-17(18)33(30,2)32)13-7-12(4-5-15(13)23)28-19(31)16-6-3-11(22)10-27-16;1-28-20(24)27-21(8-7-14(29)10-18(21)32(28,2)31)15-9-13(4-5-16(15)23)26-19(30)17-6-3-12(22)11-25-17;1-24-17(21)23-18(8-2-5-15(18)28(24,25)26)12-10-11(6-7-13(12)19)27-16-14(20)4-3-9-22-16;1-22-16(19)21-17(8-4-5-14(17)26(22,3)24)12-9-11(6-7-13(12)18)20-15(23)10-25-2;1-18-12(16)17-13(6-2-3-11(13)21(18,19)20)9-7-8(14)4-5-10(9)15/h3-7,10,14,17-18H,2,8-9H2,1H3,(H2,26,29)(H,28,31);3-6,9,11,18H,2,7-8,10H2,1H3,(H2,24,27)(H,26,30);3-4,6-7,9-10,15H,2,5,8H2,1H3,(H2,21,23);6-7,9,14H,3-5,8,10H2,1-2H3,(H2,19,21)(H,20,23);4-5,7,11H,2-3,6H2,1H3,(H2,16,17)/t;;15-,18-;;11-,13-/m..1.1/s1. The second-order valence-corrected chi connectivity index (χ2v) is 47.6. The monoisotopic (exact) mass is 2110 g/mol. The van der Waals surface area contributed by atoms with E-state index in [1.165, 1.54) is 129 Å².